The molecule has 5 heteroatoms. The molecule has 4 aromatic rings. The first-order valence-corrected chi connectivity index (χ1v) is 5.55. The van der Waals surface area contributed by atoms with Crippen LogP contribution in [0.2, 0.25) is 0 Å². The number of hydrogen-bond acceptors (Lipinski definition) is 4. The van der Waals surface area contributed by atoms with Gasteiger partial charge in [0.2, 0.25) is 12.2 Å². The highest BCUT2D eigenvalue weighted by Crippen LogP contribution is 2.29. The van der Waals surface area contributed by atoms with Gasteiger partial charge < -0.3 is 9.51 Å². The second-order valence-corrected chi connectivity index (χ2v) is 4.01. The molecule has 0 aliphatic rings. The number of rotatable bonds is 1. The zero-order chi connectivity index (χ0) is 11.9. The van der Waals surface area contributed by atoms with Crippen LogP contribution in [-0.2, 0) is 0 Å². The number of para-hydroxylation sites is 1. The number of nitrogens with one attached hydrogen (secondary N) is 1. The molecule has 0 aliphatic carbocycles. The molecular formula is C13H8N4O. The van der Waals surface area contributed by atoms with Crippen LogP contribution in [0.25, 0.3) is 33.3 Å². The Morgan fingerprint density at radius 2 is 1.94 bits per heavy atom. The van der Waals surface area contributed by atoms with Gasteiger partial charge in [-0.05, 0) is 12.1 Å². The minimum Gasteiger partial charge on any atom is -0.353 e. The van der Waals surface area contributed by atoms with Crippen molar-refractivity contribution < 1.29 is 4.52 Å². The number of fused-ring (bicyclic) bond motifs is 3. The monoisotopic (exact) mass is 236 g/mol. The zero-order valence-corrected chi connectivity index (χ0v) is 9.29. The van der Waals surface area contributed by atoms with Crippen LogP contribution >= 0.6 is 0 Å². The van der Waals surface area contributed by atoms with Gasteiger partial charge in [-0.15, -0.1) is 0 Å². The summed E-state index contributed by atoms with van der Waals surface area (Å²) in [6.45, 7) is 0. The Hall–Kier alpha value is -2.69. The quantitative estimate of drug-likeness (QED) is 0.551. The fourth-order valence-electron chi connectivity index (χ4n) is 2.22. The minimum atomic E-state index is 0.493. The van der Waals surface area contributed by atoms with E-state index in [9.17, 15) is 0 Å². The number of aromatic nitrogens is 4. The maximum Gasteiger partial charge on any atom is 0.222 e. The van der Waals surface area contributed by atoms with E-state index in [0.29, 0.717) is 11.5 Å². The van der Waals surface area contributed by atoms with Gasteiger partial charge in [-0.1, -0.05) is 23.4 Å². The summed E-state index contributed by atoms with van der Waals surface area (Å²) in [5.41, 5.74) is 2.71. The van der Waals surface area contributed by atoms with Gasteiger partial charge in [-0.25, -0.2) is 0 Å². The molecule has 4 rings (SSSR count). The van der Waals surface area contributed by atoms with Crippen LogP contribution in [0.1, 0.15) is 0 Å². The highest BCUT2D eigenvalue weighted by Gasteiger charge is 2.13. The summed E-state index contributed by atoms with van der Waals surface area (Å²) < 4.78 is 4.78. The van der Waals surface area contributed by atoms with E-state index in [0.717, 1.165) is 16.4 Å². The van der Waals surface area contributed by atoms with Gasteiger partial charge in [0.05, 0.1) is 5.52 Å². The van der Waals surface area contributed by atoms with Crippen LogP contribution in [0.4, 0.5) is 0 Å². The molecule has 86 valence electrons. The number of benzene rings is 1. The fraction of sp³-hybridized carbons (Fsp3) is 0. The molecule has 1 N–H and O–H groups in total. The molecule has 0 saturated carbocycles. The number of aromatic amines is 1. The molecule has 0 saturated heterocycles. The predicted molar refractivity (Wildman–Crippen MR) is 66.9 cm³/mol. The van der Waals surface area contributed by atoms with Crippen molar-refractivity contribution in [1.82, 2.24) is 20.1 Å². The van der Waals surface area contributed by atoms with Crippen LogP contribution in [0.5, 0.6) is 0 Å². The van der Waals surface area contributed by atoms with Crippen molar-refractivity contribution in [3.05, 3.63) is 42.9 Å². The van der Waals surface area contributed by atoms with Crippen LogP contribution in [0.3, 0.4) is 0 Å². The average molecular weight is 236 g/mol. The Labute approximate surface area is 101 Å². The largest absolute Gasteiger partial charge is 0.353 e. The van der Waals surface area contributed by atoms with E-state index >= 15 is 0 Å². The number of nitrogens with zero attached hydrogens (tertiary/aromatic N) is 3. The average Bonchev–Trinajstić information content (AvgIpc) is 3.05. The maximum atomic E-state index is 4.78. The number of pyridine rings is 1. The topological polar surface area (TPSA) is 67.6 Å². The molecule has 0 radical (unpaired) electrons. The van der Waals surface area contributed by atoms with Gasteiger partial charge >= 0.3 is 0 Å². The first-order chi connectivity index (χ1) is 8.93. The van der Waals surface area contributed by atoms with E-state index in [1.165, 1.54) is 11.8 Å². The minimum absolute atomic E-state index is 0.493. The van der Waals surface area contributed by atoms with Crippen LogP contribution < -0.4 is 0 Å². The van der Waals surface area contributed by atoms with Crippen LogP contribution in [0, 0.1) is 0 Å². The normalized spacial score (nSPS) is 11.3. The Kier molecular flexibility index (Phi) is 1.77. The number of H-pyrrole nitrogens is 1. The summed E-state index contributed by atoms with van der Waals surface area (Å²) in [7, 11) is 0. The Bertz CT molecular complexity index is 833. The molecule has 3 aromatic heterocycles. The lowest BCUT2D eigenvalue weighted by molar-refractivity contribution is 0.418. The second kappa shape index (κ2) is 3.40. The molecule has 0 amide bonds. The van der Waals surface area contributed by atoms with E-state index < -0.39 is 0 Å². The molecule has 0 aliphatic heterocycles. The van der Waals surface area contributed by atoms with Crippen molar-refractivity contribution in [3.63, 3.8) is 0 Å². The SMILES string of the molecule is c1ccc2c(c1)[nH]c1c(-c3ncon3)nccc12. The van der Waals surface area contributed by atoms with Crippen molar-refractivity contribution >= 4 is 21.8 Å². The summed E-state index contributed by atoms with van der Waals surface area (Å²) >= 11 is 0. The van der Waals surface area contributed by atoms with Crippen LogP contribution in [0.15, 0.2) is 47.4 Å². The smallest absolute Gasteiger partial charge is 0.222 e. The van der Waals surface area contributed by atoms with Gasteiger partial charge in [0.15, 0.2) is 0 Å². The Balaban J connectivity index is 2.17. The van der Waals surface area contributed by atoms with Gasteiger partial charge in [0.1, 0.15) is 5.69 Å². The summed E-state index contributed by atoms with van der Waals surface area (Å²) in [4.78, 5) is 11.7. The molecule has 0 unspecified atom stereocenters. The van der Waals surface area contributed by atoms with Crippen molar-refractivity contribution in [2.24, 2.45) is 0 Å². The van der Waals surface area contributed by atoms with Crippen molar-refractivity contribution in [1.29, 1.82) is 0 Å². The maximum absolute atomic E-state index is 4.78. The highest BCUT2D eigenvalue weighted by molar-refractivity contribution is 6.10. The molecule has 0 bridgehead atoms. The Morgan fingerprint density at radius 1 is 1.00 bits per heavy atom. The summed E-state index contributed by atoms with van der Waals surface area (Å²) in [6.07, 6.45) is 3.06. The molecule has 0 fully saturated rings. The first-order valence-electron chi connectivity index (χ1n) is 5.55. The van der Waals surface area contributed by atoms with E-state index in [-0.39, 0.29) is 0 Å². The van der Waals surface area contributed by atoms with E-state index in [1.807, 2.05) is 24.3 Å². The van der Waals surface area contributed by atoms with Crippen molar-refractivity contribution in [2.75, 3.05) is 0 Å². The van der Waals surface area contributed by atoms with Gasteiger partial charge in [0.25, 0.3) is 0 Å². The standard InChI is InChI=1S/C13H8N4O/c1-2-4-10-8(3-1)9-5-6-14-12(11(9)16-10)13-15-7-18-17-13/h1-7,16H. The second-order valence-electron chi connectivity index (χ2n) is 4.01. The summed E-state index contributed by atoms with van der Waals surface area (Å²) in [6, 6.07) is 10.1. The highest BCUT2D eigenvalue weighted by atomic mass is 16.5. The van der Waals surface area contributed by atoms with Gasteiger partial charge in [-0.2, -0.15) is 4.98 Å². The van der Waals surface area contributed by atoms with E-state index in [2.05, 4.69) is 26.2 Å². The fourth-order valence-corrected chi connectivity index (χ4v) is 2.22. The molecule has 0 spiro atoms. The third-order valence-electron chi connectivity index (χ3n) is 3.00. The molecule has 18 heavy (non-hydrogen) atoms. The third-order valence-corrected chi connectivity index (χ3v) is 3.00. The third kappa shape index (κ3) is 1.18. The summed E-state index contributed by atoms with van der Waals surface area (Å²) in [5, 5.41) is 6.12. The van der Waals surface area contributed by atoms with Crippen molar-refractivity contribution in [2.45, 2.75) is 0 Å². The molecule has 1 aromatic carbocycles. The van der Waals surface area contributed by atoms with E-state index in [4.69, 9.17) is 4.52 Å². The summed E-state index contributed by atoms with van der Waals surface area (Å²) in [5.74, 6) is 0.493. The molecular weight excluding hydrogens is 228 g/mol. The molecule has 3 heterocycles. The predicted octanol–water partition coefficient (Wildman–Crippen LogP) is 2.77. The lowest BCUT2D eigenvalue weighted by Gasteiger charge is -1.95. The van der Waals surface area contributed by atoms with Gasteiger partial charge in [0, 0.05) is 22.5 Å². The molecule has 5 nitrogen and oxygen atoms in total. The lowest BCUT2D eigenvalue weighted by atomic mass is 10.1. The van der Waals surface area contributed by atoms with E-state index in [1.54, 1.807) is 6.20 Å². The molecule has 0 atom stereocenters. The Morgan fingerprint density at radius 3 is 2.83 bits per heavy atom. The van der Waals surface area contributed by atoms with Crippen molar-refractivity contribution in [3.8, 4) is 11.5 Å². The van der Waals surface area contributed by atoms with Gasteiger partial charge in [-0.3, -0.25) is 4.98 Å². The first kappa shape index (κ1) is 9.35. The lowest BCUT2D eigenvalue weighted by Crippen LogP contribution is -1.86. The number of hydrogen-bond donors (Lipinski definition) is 1. The van der Waals surface area contributed by atoms with Crippen LogP contribution in [-0.4, -0.2) is 20.1 Å². The zero-order valence-electron chi connectivity index (χ0n) is 9.29.